The quantitative estimate of drug-likeness (QED) is 0.482. The highest BCUT2D eigenvalue weighted by atomic mass is 16.2. The molecule has 1 aliphatic rings. The second kappa shape index (κ2) is 3.31. The number of carbonyl (C=O) groups excluding carboxylic acids is 1. The summed E-state index contributed by atoms with van der Waals surface area (Å²) in [5, 5.41) is 0. The molecule has 0 saturated carbocycles. The summed E-state index contributed by atoms with van der Waals surface area (Å²) >= 11 is 0. The van der Waals surface area contributed by atoms with Crippen LogP contribution in [0.2, 0.25) is 0 Å². The van der Waals surface area contributed by atoms with Crippen molar-refractivity contribution in [1.29, 1.82) is 0 Å². The molecule has 15 heavy (non-hydrogen) atoms. The van der Waals surface area contributed by atoms with Crippen molar-refractivity contribution in [2.75, 3.05) is 17.2 Å². The molecule has 1 aliphatic heterocycles. The number of hydrogen-bond donors (Lipinski definition) is 3. The first-order chi connectivity index (χ1) is 7.06. The second-order valence-electron chi connectivity index (χ2n) is 3.31. The molecule has 2 rings (SSSR count). The number of carbonyl (C=O) groups is 1. The lowest BCUT2D eigenvalue weighted by atomic mass is 10.3. The van der Waals surface area contributed by atoms with Crippen molar-refractivity contribution in [3.63, 3.8) is 0 Å². The summed E-state index contributed by atoms with van der Waals surface area (Å²) in [6, 6.07) is -0.249. The maximum atomic E-state index is 11.4. The zero-order valence-corrected chi connectivity index (χ0v) is 7.80. The van der Waals surface area contributed by atoms with Crippen LogP contribution in [0, 0.1) is 0 Å². The molecule has 1 unspecified atom stereocenters. The van der Waals surface area contributed by atoms with Gasteiger partial charge in [-0.15, -0.1) is 0 Å². The minimum Gasteiger partial charge on any atom is -0.369 e. The molecular weight excluding hydrogens is 200 g/mol. The number of amides is 1. The van der Waals surface area contributed by atoms with E-state index in [0.717, 1.165) is 0 Å². The van der Waals surface area contributed by atoms with Gasteiger partial charge >= 0.3 is 5.69 Å². The van der Waals surface area contributed by atoms with Crippen molar-refractivity contribution in [2.45, 2.75) is 12.5 Å². The SMILES string of the molecule is Nc1nc(N2CC(N)CC2=O)nc(=O)[nH]1. The van der Waals surface area contributed by atoms with Crippen LogP contribution in [0.1, 0.15) is 6.42 Å². The van der Waals surface area contributed by atoms with E-state index in [1.165, 1.54) is 4.90 Å². The Bertz CT molecular complexity index is 455. The van der Waals surface area contributed by atoms with E-state index < -0.39 is 5.69 Å². The number of hydrogen-bond acceptors (Lipinski definition) is 6. The molecule has 2 heterocycles. The Morgan fingerprint density at radius 2 is 2.13 bits per heavy atom. The van der Waals surface area contributed by atoms with Crippen LogP contribution in [-0.2, 0) is 4.79 Å². The smallest absolute Gasteiger partial charge is 0.351 e. The summed E-state index contributed by atoms with van der Waals surface area (Å²) in [6.07, 6.45) is 0.232. The number of nitrogen functional groups attached to an aromatic ring is 1. The molecule has 8 heteroatoms. The lowest BCUT2D eigenvalue weighted by molar-refractivity contribution is -0.117. The highest BCUT2D eigenvalue weighted by Gasteiger charge is 2.30. The normalized spacial score (nSPS) is 21.0. The van der Waals surface area contributed by atoms with Crippen LogP contribution in [0.5, 0.6) is 0 Å². The molecule has 1 aromatic heterocycles. The molecule has 8 nitrogen and oxygen atoms in total. The van der Waals surface area contributed by atoms with Crippen molar-refractivity contribution in [2.24, 2.45) is 5.73 Å². The lowest BCUT2D eigenvalue weighted by Crippen LogP contribution is -2.32. The van der Waals surface area contributed by atoms with E-state index >= 15 is 0 Å². The van der Waals surface area contributed by atoms with Gasteiger partial charge in [0.15, 0.2) is 0 Å². The van der Waals surface area contributed by atoms with Gasteiger partial charge in [0.25, 0.3) is 0 Å². The largest absolute Gasteiger partial charge is 0.369 e. The minimum absolute atomic E-state index is 0.00852. The van der Waals surface area contributed by atoms with E-state index in [-0.39, 0.29) is 30.3 Å². The van der Waals surface area contributed by atoms with Crippen molar-refractivity contribution in [3.05, 3.63) is 10.5 Å². The number of H-pyrrole nitrogens is 1. The van der Waals surface area contributed by atoms with Crippen LogP contribution in [-0.4, -0.2) is 33.4 Å². The monoisotopic (exact) mass is 210 g/mol. The molecule has 0 bridgehead atoms. The number of nitrogens with one attached hydrogen (secondary N) is 1. The number of anilines is 2. The van der Waals surface area contributed by atoms with Gasteiger partial charge in [0.2, 0.25) is 17.8 Å². The fraction of sp³-hybridized carbons (Fsp3) is 0.429. The van der Waals surface area contributed by atoms with Crippen LogP contribution in [0.15, 0.2) is 4.79 Å². The third kappa shape index (κ3) is 1.79. The van der Waals surface area contributed by atoms with Gasteiger partial charge in [-0.05, 0) is 0 Å². The number of rotatable bonds is 1. The van der Waals surface area contributed by atoms with E-state index in [4.69, 9.17) is 11.5 Å². The third-order valence-corrected chi connectivity index (χ3v) is 2.05. The van der Waals surface area contributed by atoms with Crippen LogP contribution in [0.3, 0.4) is 0 Å². The van der Waals surface area contributed by atoms with Crippen LogP contribution in [0.25, 0.3) is 0 Å². The van der Waals surface area contributed by atoms with E-state index in [2.05, 4.69) is 15.0 Å². The van der Waals surface area contributed by atoms with E-state index in [9.17, 15) is 9.59 Å². The molecule has 0 spiro atoms. The molecular formula is C7H10N6O2. The van der Waals surface area contributed by atoms with Crippen LogP contribution >= 0.6 is 0 Å². The van der Waals surface area contributed by atoms with Gasteiger partial charge in [0.1, 0.15) is 0 Å². The van der Waals surface area contributed by atoms with Gasteiger partial charge in [-0.2, -0.15) is 9.97 Å². The highest BCUT2D eigenvalue weighted by Crippen LogP contribution is 2.15. The summed E-state index contributed by atoms with van der Waals surface area (Å²) in [5.41, 5.74) is 10.3. The third-order valence-electron chi connectivity index (χ3n) is 2.05. The summed E-state index contributed by atoms with van der Waals surface area (Å²) < 4.78 is 0. The molecule has 1 aromatic rings. The van der Waals surface area contributed by atoms with Gasteiger partial charge in [-0.3, -0.25) is 14.7 Å². The Morgan fingerprint density at radius 3 is 2.67 bits per heavy atom. The number of aromatic nitrogens is 3. The van der Waals surface area contributed by atoms with Gasteiger partial charge in [0.05, 0.1) is 0 Å². The first-order valence-electron chi connectivity index (χ1n) is 4.36. The maximum Gasteiger partial charge on any atom is 0.351 e. The second-order valence-corrected chi connectivity index (χ2v) is 3.31. The first kappa shape index (κ1) is 9.59. The van der Waals surface area contributed by atoms with Crippen molar-refractivity contribution in [1.82, 2.24) is 15.0 Å². The topological polar surface area (TPSA) is 131 Å². The predicted octanol–water partition coefficient (Wildman–Crippen LogP) is -2.19. The minimum atomic E-state index is -0.634. The van der Waals surface area contributed by atoms with Crippen molar-refractivity contribution >= 4 is 17.8 Å². The molecule has 1 saturated heterocycles. The van der Waals surface area contributed by atoms with Crippen molar-refractivity contribution in [3.8, 4) is 0 Å². The van der Waals surface area contributed by atoms with Gasteiger partial charge in [-0.1, -0.05) is 0 Å². The number of nitrogens with two attached hydrogens (primary N) is 2. The Labute approximate surface area is 84.3 Å². The average Bonchev–Trinajstić information content (AvgIpc) is 2.43. The van der Waals surface area contributed by atoms with Crippen molar-refractivity contribution < 1.29 is 4.79 Å². The Hall–Kier alpha value is -1.96. The van der Waals surface area contributed by atoms with E-state index in [0.29, 0.717) is 6.54 Å². The molecule has 5 N–H and O–H groups in total. The fourth-order valence-corrected chi connectivity index (χ4v) is 1.44. The predicted molar refractivity (Wildman–Crippen MR) is 52.0 cm³/mol. The van der Waals surface area contributed by atoms with Gasteiger partial charge < -0.3 is 11.5 Å². The summed E-state index contributed by atoms with van der Waals surface area (Å²) in [6.45, 7) is 0.307. The first-order valence-corrected chi connectivity index (χ1v) is 4.36. The molecule has 1 amide bonds. The van der Waals surface area contributed by atoms with Gasteiger partial charge in [0, 0.05) is 19.0 Å². The molecule has 0 radical (unpaired) electrons. The maximum absolute atomic E-state index is 11.4. The summed E-state index contributed by atoms with van der Waals surface area (Å²) in [7, 11) is 0. The molecule has 80 valence electrons. The zero-order valence-electron chi connectivity index (χ0n) is 7.80. The molecule has 1 fully saturated rings. The highest BCUT2D eigenvalue weighted by molar-refractivity contribution is 5.94. The molecule has 0 aliphatic carbocycles. The summed E-state index contributed by atoms with van der Waals surface area (Å²) in [5.74, 6) is -0.264. The molecule has 0 aromatic carbocycles. The molecule has 1 atom stereocenters. The Kier molecular flexibility index (Phi) is 2.12. The van der Waals surface area contributed by atoms with Crippen LogP contribution < -0.4 is 22.1 Å². The zero-order chi connectivity index (χ0) is 11.0. The van der Waals surface area contributed by atoms with E-state index in [1.807, 2.05) is 0 Å². The standard InChI is InChI=1S/C7H10N6O2/c8-3-1-4(14)13(2-3)6-10-5(9)11-7(15)12-6/h3H,1-2,8H2,(H3,9,10,11,12,15). The summed E-state index contributed by atoms with van der Waals surface area (Å²) in [4.78, 5) is 33.2. The number of nitrogens with zero attached hydrogens (tertiary/aromatic N) is 3. The van der Waals surface area contributed by atoms with Crippen LogP contribution in [0.4, 0.5) is 11.9 Å². The lowest BCUT2D eigenvalue weighted by Gasteiger charge is -2.12. The van der Waals surface area contributed by atoms with Gasteiger partial charge in [-0.25, -0.2) is 4.79 Å². The Balaban J connectivity index is 2.37. The Morgan fingerprint density at radius 1 is 1.40 bits per heavy atom. The fourth-order valence-electron chi connectivity index (χ4n) is 1.44. The number of aromatic amines is 1. The van der Waals surface area contributed by atoms with E-state index in [1.54, 1.807) is 0 Å². The average molecular weight is 210 g/mol.